The normalized spacial score (nSPS) is 15.1. The SMILES string of the molecule is Cc1nn(C)c(N2CCCCc3ccccc32)c1CN. The Morgan fingerprint density at radius 1 is 1.25 bits per heavy atom. The number of aromatic nitrogens is 2. The Morgan fingerprint density at radius 3 is 2.85 bits per heavy atom. The molecule has 0 aliphatic carbocycles. The van der Waals surface area contributed by atoms with Crippen LogP contribution >= 0.6 is 0 Å². The van der Waals surface area contributed by atoms with Gasteiger partial charge in [-0.3, -0.25) is 4.68 Å². The highest BCUT2D eigenvalue weighted by Crippen LogP contribution is 2.35. The van der Waals surface area contributed by atoms with Gasteiger partial charge >= 0.3 is 0 Å². The van der Waals surface area contributed by atoms with Crippen LogP contribution in [0.15, 0.2) is 24.3 Å². The van der Waals surface area contributed by atoms with Crippen molar-refractivity contribution >= 4 is 11.5 Å². The summed E-state index contributed by atoms with van der Waals surface area (Å²) >= 11 is 0. The van der Waals surface area contributed by atoms with Crippen LogP contribution in [0, 0.1) is 6.92 Å². The molecule has 0 radical (unpaired) electrons. The fourth-order valence-corrected chi connectivity index (χ4v) is 3.18. The van der Waals surface area contributed by atoms with E-state index in [1.165, 1.54) is 24.1 Å². The van der Waals surface area contributed by atoms with Gasteiger partial charge in [-0.2, -0.15) is 5.10 Å². The molecule has 4 heteroatoms. The number of nitrogens with zero attached hydrogens (tertiary/aromatic N) is 3. The van der Waals surface area contributed by atoms with Gasteiger partial charge in [-0.25, -0.2) is 0 Å². The topological polar surface area (TPSA) is 47.1 Å². The van der Waals surface area contributed by atoms with Crippen molar-refractivity contribution in [3.8, 4) is 0 Å². The van der Waals surface area contributed by atoms with E-state index < -0.39 is 0 Å². The zero-order valence-electron chi connectivity index (χ0n) is 12.3. The van der Waals surface area contributed by atoms with Crippen LogP contribution in [-0.4, -0.2) is 16.3 Å². The average molecular weight is 270 g/mol. The van der Waals surface area contributed by atoms with Gasteiger partial charge in [0.2, 0.25) is 0 Å². The maximum atomic E-state index is 5.95. The van der Waals surface area contributed by atoms with E-state index in [1.54, 1.807) is 0 Å². The molecule has 0 saturated heterocycles. The molecule has 0 spiro atoms. The Morgan fingerprint density at radius 2 is 2.05 bits per heavy atom. The molecule has 3 rings (SSSR count). The van der Waals surface area contributed by atoms with E-state index >= 15 is 0 Å². The lowest BCUT2D eigenvalue weighted by atomic mass is 10.1. The largest absolute Gasteiger partial charge is 0.326 e. The average Bonchev–Trinajstić information content (AvgIpc) is 2.63. The van der Waals surface area contributed by atoms with Gasteiger partial charge in [0.1, 0.15) is 5.82 Å². The summed E-state index contributed by atoms with van der Waals surface area (Å²) in [6.45, 7) is 3.60. The summed E-state index contributed by atoms with van der Waals surface area (Å²) < 4.78 is 1.97. The third-order valence-corrected chi connectivity index (χ3v) is 4.13. The van der Waals surface area contributed by atoms with Crippen molar-refractivity contribution < 1.29 is 0 Å². The molecule has 1 aromatic carbocycles. The second kappa shape index (κ2) is 5.29. The molecule has 0 atom stereocenters. The van der Waals surface area contributed by atoms with Crippen LogP contribution in [0.1, 0.15) is 29.7 Å². The number of rotatable bonds is 2. The van der Waals surface area contributed by atoms with E-state index in [0.717, 1.165) is 30.0 Å². The van der Waals surface area contributed by atoms with Gasteiger partial charge in [0, 0.05) is 31.4 Å². The summed E-state index contributed by atoms with van der Waals surface area (Å²) in [5, 5.41) is 4.56. The summed E-state index contributed by atoms with van der Waals surface area (Å²) in [4.78, 5) is 2.39. The van der Waals surface area contributed by atoms with E-state index in [9.17, 15) is 0 Å². The molecular weight excluding hydrogens is 248 g/mol. The zero-order valence-corrected chi connectivity index (χ0v) is 12.3. The number of hydrogen-bond donors (Lipinski definition) is 1. The first-order valence-corrected chi connectivity index (χ1v) is 7.30. The Kier molecular flexibility index (Phi) is 3.49. The van der Waals surface area contributed by atoms with Crippen molar-refractivity contribution in [3.05, 3.63) is 41.1 Å². The summed E-state index contributed by atoms with van der Waals surface area (Å²) in [6, 6.07) is 8.69. The first-order valence-electron chi connectivity index (χ1n) is 7.30. The first-order chi connectivity index (χ1) is 9.72. The fraction of sp³-hybridized carbons (Fsp3) is 0.438. The number of aryl methyl sites for hydroxylation is 3. The number of benzene rings is 1. The molecule has 0 fully saturated rings. The summed E-state index contributed by atoms with van der Waals surface area (Å²) in [7, 11) is 2.01. The van der Waals surface area contributed by atoms with E-state index in [-0.39, 0.29) is 0 Å². The molecule has 1 aliphatic heterocycles. The standard InChI is InChI=1S/C16H22N4/c1-12-14(11-17)16(19(2)18-12)20-10-6-5-8-13-7-3-4-9-15(13)20/h3-4,7,9H,5-6,8,10-11,17H2,1-2H3. The van der Waals surface area contributed by atoms with Gasteiger partial charge in [-0.1, -0.05) is 18.2 Å². The lowest BCUT2D eigenvalue weighted by Gasteiger charge is -2.26. The second-order valence-corrected chi connectivity index (χ2v) is 5.45. The van der Waals surface area contributed by atoms with Gasteiger partial charge in [0.15, 0.2) is 0 Å². The van der Waals surface area contributed by atoms with Crippen molar-refractivity contribution in [2.24, 2.45) is 12.8 Å². The molecule has 0 bridgehead atoms. The van der Waals surface area contributed by atoms with Crippen LogP contribution in [0.25, 0.3) is 0 Å². The molecule has 0 unspecified atom stereocenters. The van der Waals surface area contributed by atoms with Gasteiger partial charge in [-0.15, -0.1) is 0 Å². The van der Waals surface area contributed by atoms with E-state index in [2.05, 4.69) is 34.3 Å². The summed E-state index contributed by atoms with van der Waals surface area (Å²) in [5.74, 6) is 1.15. The van der Waals surface area contributed by atoms with Crippen molar-refractivity contribution in [2.75, 3.05) is 11.4 Å². The minimum atomic E-state index is 0.535. The fourth-order valence-electron chi connectivity index (χ4n) is 3.18. The van der Waals surface area contributed by atoms with Crippen molar-refractivity contribution in [3.63, 3.8) is 0 Å². The summed E-state index contributed by atoms with van der Waals surface area (Å²) in [5.41, 5.74) is 10.9. The highest BCUT2D eigenvalue weighted by atomic mass is 15.4. The molecule has 20 heavy (non-hydrogen) atoms. The number of anilines is 2. The van der Waals surface area contributed by atoms with Crippen LogP contribution < -0.4 is 10.6 Å². The first kappa shape index (κ1) is 13.2. The highest BCUT2D eigenvalue weighted by Gasteiger charge is 2.23. The number of para-hydroxylation sites is 1. The molecule has 4 nitrogen and oxygen atoms in total. The maximum absolute atomic E-state index is 5.95. The van der Waals surface area contributed by atoms with E-state index in [1.807, 2.05) is 18.7 Å². The third kappa shape index (κ3) is 2.10. The minimum absolute atomic E-state index is 0.535. The van der Waals surface area contributed by atoms with Gasteiger partial charge in [0.05, 0.1) is 5.69 Å². The van der Waals surface area contributed by atoms with Crippen molar-refractivity contribution in [2.45, 2.75) is 32.7 Å². The van der Waals surface area contributed by atoms with Crippen molar-refractivity contribution in [1.82, 2.24) is 9.78 Å². The van der Waals surface area contributed by atoms with Crippen LogP contribution in [-0.2, 0) is 20.0 Å². The zero-order chi connectivity index (χ0) is 14.1. The molecule has 1 aromatic heterocycles. The van der Waals surface area contributed by atoms with Gasteiger partial charge in [0.25, 0.3) is 0 Å². The van der Waals surface area contributed by atoms with Crippen LogP contribution in [0.5, 0.6) is 0 Å². The lowest BCUT2D eigenvalue weighted by molar-refractivity contribution is 0.714. The van der Waals surface area contributed by atoms with E-state index in [4.69, 9.17) is 5.73 Å². The molecular formula is C16H22N4. The molecule has 2 heterocycles. The Hall–Kier alpha value is -1.81. The van der Waals surface area contributed by atoms with E-state index in [0.29, 0.717) is 6.54 Å². The number of nitrogens with two attached hydrogens (primary N) is 1. The maximum Gasteiger partial charge on any atom is 0.135 e. The monoisotopic (exact) mass is 270 g/mol. The minimum Gasteiger partial charge on any atom is -0.326 e. The molecule has 1 aliphatic rings. The molecule has 2 aromatic rings. The molecule has 2 N–H and O–H groups in total. The van der Waals surface area contributed by atoms with Crippen LogP contribution in [0.4, 0.5) is 11.5 Å². The lowest BCUT2D eigenvalue weighted by Crippen LogP contribution is -2.22. The highest BCUT2D eigenvalue weighted by molar-refractivity contribution is 5.67. The smallest absolute Gasteiger partial charge is 0.135 e. The molecule has 0 amide bonds. The van der Waals surface area contributed by atoms with Crippen molar-refractivity contribution in [1.29, 1.82) is 0 Å². The van der Waals surface area contributed by atoms with Crippen LogP contribution in [0.3, 0.4) is 0 Å². The van der Waals surface area contributed by atoms with Gasteiger partial charge in [-0.05, 0) is 37.8 Å². The van der Waals surface area contributed by atoms with Crippen LogP contribution in [0.2, 0.25) is 0 Å². The summed E-state index contributed by atoms with van der Waals surface area (Å²) in [6.07, 6.45) is 3.59. The Labute approximate surface area is 120 Å². The third-order valence-electron chi connectivity index (χ3n) is 4.13. The second-order valence-electron chi connectivity index (χ2n) is 5.45. The predicted octanol–water partition coefficient (Wildman–Crippen LogP) is 2.66. The number of fused-ring (bicyclic) bond motifs is 1. The van der Waals surface area contributed by atoms with Gasteiger partial charge < -0.3 is 10.6 Å². The molecule has 106 valence electrons. The molecule has 0 saturated carbocycles. The Bertz CT molecular complexity index is 615. The number of hydrogen-bond acceptors (Lipinski definition) is 3. The predicted molar refractivity (Wildman–Crippen MR) is 82.2 cm³/mol. The quantitative estimate of drug-likeness (QED) is 0.912. The Balaban J connectivity index is 2.15.